The van der Waals surface area contributed by atoms with Crippen LogP contribution in [-0.4, -0.2) is 48.9 Å². The van der Waals surface area contributed by atoms with Crippen LogP contribution in [0.2, 0.25) is 0 Å². The molecular weight excluding hydrogens is 402 g/mol. The molecule has 3 aromatic rings. The predicted molar refractivity (Wildman–Crippen MR) is 123 cm³/mol. The van der Waals surface area contributed by atoms with Crippen molar-refractivity contribution < 1.29 is 14.3 Å². The summed E-state index contributed by atoms with van der Waals surface area (Å²) >= 11 is 0. The molecule has 1 N–H and O–H groups in total. The van der Waals surface area contributed by atoms with Crippen LogP contribution in [0.15, 0.2) is 73.1 Å². The molecule has 164 valence electrons. The number of aromatic nitrogens is 1. The Labute approximate surface area is 188 Å². The highest BCUT2D eigenvalue weighted by Gasteiger charge is 2.46. The number of rotatable bonds is 6. The maximum Gasteiger partial charge on any atom is 0.254 e. The van der Waals surface area contributed by atoms with Gasteiger partial charge in [-0.2, -0.15) is 0 Å². The van der Waals surface area contributed by atoms with E-state index in [0.717, 1.165) is 16.7 Å². The van der Waals surface area contributed by atoms with Gasteiger partial charge in [0, 0.05) is 38.1 Å². The lowest BCUT2D eigenvalue weighted by Crippen LogP contribution is -2.44. The first kappa shape index (κ1) is 21.6. The van der Waals surface area contributed by atoms with E-state index in [2.05, 4.69) is 22.4 Å². The van der Waals surface area contributed by atoms with Gasteiger partial charge < -0.3 is 15.0 Å². The van der Waals surface area contributed by atoms with E-state index in [1.165, 1.54) is 0 Å². The third kappa shape index (κ3) is 4.21. The molecule has 6 nitrogen and oxygen atoms in total. The Balaban J connectivity index is 1.63. The maximum absolute atomic E-state index is 13.2. The lowest BCUT2D eigenvalue weighted by atomic mass is 9.78. The lowest BCUT2D eigenvalue weighted by molar-refractivity contribution is -0.129. The van der Waals surface area contributed by atoms with Gasteiger partial charge in [-0.05, 0) is 59.9 Å². The number of ether oxygens (including phenoxy) is 1. The van der Waals surface area contributed by atoms with E-state index in [0.29, 0.717) is 37.2 Å². The summed E-state index contributed by atoms with van der Waals surface area (Å²) in [5.74, 6) is 0.513. The van der Waals surface area contributed by atoms with E-state index in [4.69, 9.17) is 4.74 Å². The molecule has 0 aliphatic carbocycles. The van der Waals surface area contributed by atoms with Crippen LogP contribution in [0.4, 0.5) is 0 Å². The van der Waals surface area contributed by atoms with Crippen molar-refractivity contribution in [2.24, 2.45) is 5.41 Å². The number of amides is 2. The van der Waals surface area contributed by atoms with E-state index in [1.54, 1.807) is 49.7 Å². The third-order valence-corrected chi connectivity index (χ3v) is 6.20. The van der Waals surface area contributed by atoms with Gasteiger partial charge in [-0.25, -0.2) is 0 Å². The zero-order valence-corrected chi connectivity index (χ0v) is 18.4. The summed E-state index contributed by atoms with van der Waals surface area (Å²) < 4.78 is 5.26. The first-order chi connectivity index (χ1) is 15.6. The molecular formula is C26H27N3O3. The van der Waals surface area contributed by atoms with E-state index >= 15 is 0 Å². The summed E-state index contributed by atoms with van der Waals surface area (Å²) in [4.78, 5) is 32.2. The monoisotopic (exact) mass is 429 g/mol. The van der Waals surface area contributed by atoms with Crippen LogP contribution >= 0.6 is 0 Å². The minimum Gasteiger partial charge on any atom is -0.497 e. The van der Waals surface area contributed by atoms with E-state index in [9.17, 15) is 9.59 Å². The van der Waals surface area contributed by atoms with Crippen LogP contribution < -0.4 is 10.1 Å². The van der Waals surface area contributed by atoms with Crippen LogP contribution in [-0.2, 0) is 11.2 Å². The Morgan fingerprint density at radius 3 is 2.62 bits per heavy atom. The molecule has 1 aromatic heterocycles. The van der Waals surface area contributed by atoms with Crippen molar-refractivity contribution in [3.63, 3.8) is 0 Å². The highest BCUT2D eigenvalue weighted by molar-refractivity contribution is 5.96. The van der Waals surface area contributed by atoms with Crippen LogP contribution in [0.3, 0.4) is 0 Å². The van der Waals surface area contributed by atoms with Gasteiger partial charge in [0.05, 0.1) is 12.5 Å². The van der Waals surface area contributed by atoms with Crippen molar-refractivity contribution in [1.82, 2.24) is 15.2 Å². The second-order valence-electron chi connectivity index (χ2n) is 8.14. The molecule has 0 bridgehead atoms. The summed E-state index contributed by atoms with van der Waals surface area (Å²) in [6.45, 7) is 0.897. The largest absolute Gasteiger partial charge is 0.497 e. The maximum atomic E-state index is 13.2. The molecule has 2 aromatic carbocycles. The zero-order valence-electron chi connectivity index (χ0n) is 18.4. The van der Waals surface area contributed by atoms with Crippen LogP contribution in [0.1, 0.15) is 22.3 Å². The fourth-order valence-electron chi connectivity index (χ4n) is 4.51. The van der Waals surface area contributed by atoms with Gasteiger partial charge in [0.15, 0.2) is 0 Å². The zero-order chi connectivity index (χ0) is 22.6. The summed E-state index contributed by atoms with van der Waals surface area (Å²) in [5, 5.41) is 2.84. The Morgan fingerprint density at radius 2 is 1.88 bits per heavy atom. The molecule has 4 rings (SSSR count). The van der Waals surface area contributed by atoms with Crippen molar-refractivity contribution in [3.05, 3.63) is 84.2 Å². The quantitative estimate of drug-likeness (QED) is 0.650. The molecule has 32 heavy (non-hydrogen) atoms. The fourth-order valence-corrected chi connectivity index (χ4v) is 4.51. The number of nitrogens with one attached hydrogen (secondary N) is 1. The highest BCUT2D eigenvalue weighted by atomic mass is 16.5. The molecule has 0 unspecified atom stereocenters. The number of hydrogen-bond acceptors (Lipinski definition) is 4. The molecule has 1 fully saturated rings. The Bertz CT molecular complexity index is 1120. The molecule has 1 aliphatic heterocycles. The number of pyridine rings is 1. The smallest absolute Gasteiger partial charge is 0.254 e. The molecule has 2 heterocycles. The number of carbonyl (C=O) groups is 2. The van der Waals surface area contributed by atoms with Crippen LogP contribution in [0.25, 0.3) is 11.1 Å². The van der Waals surface area contributed by atoms with Gasteiger partial charge in [0.1, 0.15) is 5.75 Å². The molecule has 6 heteroatoms. The topological polar surface area (TPSA) is 71.5 Å². The van der Waals surface area contributed by atoms with Crippen molar-refractivity contribution >= 4 is 11.8 Å². The lowest BCUT2D eigenvalue weighted by Gasteiger charge is -2.28. The summed E-state index contributed by atoms with van der Waals surface area (Å²) in [7, 11) is 3.24. The van der Waals surface area contributed by atoms with Crippen LogP contribution in [0.5, 0.6) is 5.75 Å². The standard InChI is InChI=1S/C26H27N3O3/c1-27-25(31)26(17-21-6-3-4-9-23(21)19-10-13-28-14-11-19)12-15-29(18-26)24(30)20-7-5-8-22(16-20)32-2/h3-11,13-14,16H,12,15,17-18H2,1-2H3,(H,27,31)/t26-/m0/s1. The van der Waals surface area contributed by atoms with Gasteiger partial charge in [-0.1, -0.05) is 30.3 Å². The summed E-state index contributed by atoms with van der Waals surface area (Å²) in [6, 6.07) is 19.2. The van der Waals surface area contributed by atoms with Crippen LogP contribution in [0, 0.1) is 5.41 Å². The number of methoxy groups -OCH3 is 1. The van der Waals surface area contributed by atoms with Crippen molar-refractivity contribution in [3.8, 4) is 16.9 Å². The van der Waals surface area contributed by atoms with E-state index < -0.39 is 5.41 Å². The fraction of sp³-hybridized carbons (Fsp3) is 0.269. The first-order valence-corrected chi connectivity index (χ1v) is 10.7. The van der Waals surface area contributed by atoms with Crippen molar-refractivity contribution in [1.29, 1.82) is 0 Å². The second kappa shape index (κ2) is 9.22. The van der Waals surface area contributed by atoms with Crippen molar-refractivity contribution in [2.45, 2.75) is 12.8 Å². The van der Waals surface area contributed by atoms with Gasteiger partial charge in [0.2, 0.25) is 5.91 Å². The number of benzene rings is 2. The number of carbonyl (C=O) groups excluding carboxylic acids is 2. The number of nitrogens with zero attached hydrogens (tertiary/aromatic N) is 2. The third-order valence-electron chi connectivity index (χ3n) is 6.20. The SMILES string of the molecule is CNC(=O)[C@]1(Cc2ccccc2-c2ccncc2)CCN(C(=O)c2cccc(OC)c2)C1. The normalized spacial score (nSPS) is 17.8. The Kier molecular flexibility index (Phi) is 6.21. The molecule has 0 saturated carbocycles. The van der Waals surface area contributed by atoms with Crippen molar-refractivity contribution in [2.75, 3.05) is 27.2 Å². The van der Waals surface area contributed by atoms with E-state index in [-0.39, 0.29) is 11.8 Å². The number of likely N-dealkylation sites (tertiary alicyclic amines) is 1. The average Bonchev–Trinajstić information content (AvgIpc) is 3.29. The molecule has 1 atom stereocenters. The second-order valence-corrected chi connectivity index (χ2v) is 8.14. The van der Waals surface area contributed by atoms with Gasteiger partial charge in [0.25, 0.3) is 5.91 Å². The van der Waals surface area contributed by atoms with E-state index in [1.807, 2.05) is 30.3 Å². The molecule has 0 radical (unpaired) electrons. The summed E-state index contributed by atoms with van der Waals surface area (Å²) in [5.41, 5.74) is 3.10. The molecule has 2 amide bonds. The predicted octanol–water partition coefficient (Wildman–Crippen LogP) is 3.58. The number of hydrogen-bond donors (Lipinski definition) is 1. The molecule has 0 spiro atoms. The first-order valence-electron chi connectivity index (χ1n) is 10.7. The van der Waals surface area contributed by atoms with Gasteiger partial charge >= 0.3 is 0 Å². The Morgan fingerprint density at radius 1 is 1.09 bits per heavy atom. The molecule has 1 saturated heterocycles. The Hall–Kier alpha value is -3.67. The van der Waals surface area contributed by atoms with Gasteiger partial charge in [-0.15, -0.1) is 0 Å². The van der Waals surface area contributed by atoms with Gasteiger partial charge in [-0.3, -0.25) is 14.6 Å². The minimum atomic E-state index is -0.688. The molecule has 1 aliphatic rings. The average molecular weight is 430 g/mol. The minimum absolute atomic E-state index is 0.0389. The highest BCUT2D eigenvalue weighted by Crippen LogP contribution is 2.38. The summed E-state index contributed by atoms with van der Waals surface area (Å²) in [6.07, 6.45) is 4.69.